The van der Waals surface area contributed by atoms with E-state index >= 15 is 0 Å². The SMILES string of the molecule is IN(I)C1CCCC1.[Pt]=[c]1[nH]c(Cc2ccccc2)nn1Cc1ccccc1. The molecule has 152 valence electrons. The zero-order chi connectivity index (χ0) is 19.8. The summed E-state index contributed by atoms with van der Waals surface area (Å²) in [5, 5.41) is 4.65. The predicted molar refractivity (Wildman–Crippen MR) is 127 cm³/mol. The Hall–Kier alpha value is -0.312. The van der Waals surface area contributed by atoms with Gasteiger partial charge in [0, 0.05) is 51.8 Å². The Morgan fingerprint density at radius 3 is 2.07 bits per heavy atom. The van der Waals surface area contributed by atoms with Crippen molar-refractivity contribution in [3.05, 3.63) is 81.4 Å². The van der Waals surface area contributed by atoms with E-state index in [0.717, 1.165) is 28.6 Å². The van der Waals surface area contributed by atoms with Crippen LogP contribution in [0.1, 0.15) is 42.6 Å². The van der Waals surface area contributed by atoms with E-state index in [4.69, 9.17) is 0 Å². The first-order chi connectivity index (χ1) is 13.6. The fourth-order valence-corrected chi connectivity index (χ4v) is 4.95. The van der Waals surface area contributed by atoms with E-state index in [2.05, 4.69) is 125 Å². The molecule has 0 bridgehead atoms. The molecule has 1 N–H and O–H groups in total. The van der Waals surface area contributed by atoms with Crippen LogP contribution in [0.3, 0.4) is 0 Å². The molecular formula is C21H24I2N4Pt. The van der Waals surface area contributed by atoms with E-state index in [-0.39, 0.29) is 0 Å². The van der Waals surface area contributed by atoms with Crippen LogP contribution < -0.4 is 0 Å². The Labute approximate surface area is 205 Å². The Bertz CT molecular complexity index is 888. The van der Waals surface area contributed by atoms with Crippen LogP contribution in [0, 0.1) is 3.80 Å². The zero-order valence-corrected chi connectivity index (χ0v) is 22.1. The van der Waals surface area contributed by atoms with Crippen molar-refractivity contribution in [1.29, 1.82) is 0 Å². The molecule has 4 nitrogen and oxygen atoms in total. The molecule has 4 rings (SSSR count). The van der Waals surface area contributed by atoms with Crippen LogP contribution in [0.25, 0.3) is 0 Å². The summed E-state index contributed by atoms with van der Waals surface area (Å²) in [7, 11) is 0. The van der Waals surface area contributed by atoms with Crippen molar-refractivity contribution in [3.63, 3.8) is 0 Å². The number of nitrogens with zero attached hydrogens (tertiary/aromatic N) is 3. The van der Waals surface area contributed by atoms with Crippen molar-refractivity contribution < 1.29 is 19.4 Å². The molecule has 1 aromatic heterocycles. The second-order valence-corrected chi connectivity index (χ2v) is 11.8. The quantitative estimate of drug-likeness (QED) is 0.261. The van der Waals surface area contributed by atoms with Crippen LogP contribution in [-0.4, -0.2) is 22.1 Å². The molecule has 7 heteroatoms. The van der Waals surface area contributed by atoms with E-state index < -0.39 is 0 Å². The number of aromatic nitrogens is 3. The van der Waals surface area contributed by atoms with E-state index in [1.807, 2.05) is 16.8 Å². The molecule has 0 radical (unpaired) electrons. The summed E-state index contributed by atoms with van der Waals surface area (Å²) in [4.78, 5) is 3.35. The minimum absolute atomic E-state index is 0.797. The molecule has 1 aliphatic carbocycles. The number of H-pyrrole nitrogens is 1. The fraction of sp³-hybridized carbons (Fsp3) is 0.333. The van der Waals surface area contributed by atoms with Gasteiger partial charge in [-0.1, -0.05) is 12.8 Å². The number of aromatic amines is 1. The number of benzene rings is 2. The Morgan fingerprint density at radius 1 is 0.964 bits per heavy atom. The van der Waals surface area contributed by atoms with Crippen LogP contribution in [0.4, 0.5) is 0 Å². The average Bonchev–Trinajstić information content (AvgIpc) is 3.35. The molecule has 0 atom stereocenters. The monoisotopic (exact) mass is 781 g/mol. The van der Waals surface area contributed by atoms with Gasteiger partial charge in [-0.05, 0) is 12.8 Å². The van der Waals surface area contributed by atoms with Gasteiger partial charge in [0.25, 0.3) is 0 Å². The summed E-state index contributed by atoms with van der Waals surface area (Å²) in [6, 6.07) is 21.6. The molecule has 2 aromatic carbocycles. The Kier molecular flexibility index (Phi) is 9.40. The van der Waals surface area contributed by atoms with Gasteiger partial charge in [0.05, 0.1) is 0 Å². The van der Waals surface area contributed by atoms with Crippen LogP contribution >= 0.6 is 45.7 Å². The van der Waals surface area contributed by atoms with E-state index in [1.165, 1.54) is 36.8 Å². The van der Waals surface area contributed by atoms with Crippen LogP contribution in [-0.2, 0) is 32.3 Å². The molecule has 1 saturated carbocycles. The normalized spacial score (nSPS) is 14.2. The van der Waals surface area contributed by atoms with Crippen LogP contribution in [0.2, 0.25) is 0 Å². The van der Waals surface area contributed by atoms with E-state index in [0.29, 0.717) is 0 Å². The third-order valence-electron chi connectivity index (χ3n) is 4.68. The average molecular weight is 781 g/mol. The summed E-state index contributed by atoms with van der Waals surface area (Å²) in [5.41, 5.74) is 2.53. The van der Waals surface area contributed by atoms with Crippen molar-refractivity contribution >= 4 is 45.7 Å². The summed E-state index contributed by atoms with van der Waals surface area (Å²) in [6.07, 6.45) is 6.52. The maximum atomic E-state index is 4.65. The predicted octanol–water partition coefficient (Wildman–Crippen LogP) is 5.86. The van der Waals surface area contributed by atoms with Gasteiger partial charge < -0.3 is 0 Å². The molecule has 0 aliphatic heterocycles. The number of hydrogen-bond acceptors (Lipinski definition) is 2. The summed E-state index contributed by atoms with van der Waals surface area (Å²) < 4.78 is 5.34. The standard InChI is InChI=1S/C16H15N3.C5H9I2N.Pt/c1-3-7-14(8-4-1)11-16-17-13-19(18-16)12-15-9-5-2-6-10-15;6-8(7)5-3-1-2-4-5;/h1-10H,11-12H2,(H,17,18);5H,1-4H2;. The Balaban J connectivity index is 0.000000236. The molecule has 0 spiro atoms. The zero-order valence-electron chi connectivity index (χ0n) is 15.5. The first-order valence-corrected chi connectivity index (χ1v) is 12.5. The molecule has 0 saturated heterocycles. The first kappa shape index (κ1) is 22.4. The molecule has 28 heavy (non-hydrogen) atoms. The van der Waals surface area contributed by atoms with Crippen LogP contribution in [0.5, 0.6) is 0 Å². The minimum atomic E-state index is 0.797. The number of hydrogen-bond donors (Lipinski definition) is 1. The third-order valence-corrected chi connectivity index (χ3v) is 7.13. The van der Waals surface area contributed by atoms with Gasteiger partial charge in [-0.3, -0.25) is 0 Å². The van der Waals surface area contributed by atoms with E-state index in [9.17, 15) is 0 Å². The maximum absolute atomic E-state index is 4.65. The van der Waals surface area contributed by atoms with E-state index in [1.54, 1.807) is 0 Å². The van der Waals surface area contributed by atoms with Gasteiger partial charge >= 0.3 is 129 Å². The molecule has 1 fully saturated rings. The van der Waals surface area contributed by atoms with Gasteiger partial charge in [0.2, 0.25) is 0 Å². The second kappa shape index (κ2) is 11.8. The van der Waals surface area contributed by atoms with Gasteiger partial charge in [-0.25, -0.2) is 0 Å². The Morgan fingerprint density at radius 2 is 1.54 bits per heavy atom. The first-order valence-electron chi connectivity index (χ1n) is 9.42. The van der Waals surface area contributed by atoms with Gasteiger partial charge in [0.1, 0.15) is 0 Å². The third kappa shape index (κ3) is 7.18. The van der Waals surface area contributed by atoms with Crippen molar-refractivity contribution in [2.45, 2.75) is 44.7 Å². The van der Waals surface area contributed by atoms with Gasteiger partial charge in [-0.15, -0.1) is 0 Å². The summed E-state index contributed by atoms with van der Waals surface area (Å²) in [5.74, 6) is 0.997. The number of rotatable bonds is 5. The van der Waals surface area contributed by atoms with Crippen molar-refractivity contribution in [1.82, 2.24) is 16.1 Å². The van der Waals surface area contributed by atoms with Crippen molar-refractivity contribution in [2.75, 3.05) is 0 Å². The summed E-state index contributed by atoms with van der Waals surface area (Å²) >= 11 is 7.01. The van der Waals surface area contributed by atoms with Crippen molar-refractivity contribution in [3.8, 4) is 0 Å². The van der Waals surface area contributed by atoms with Gasteiger partial charge in [0.15, 0.2) is 0 Å². The van der Waals surface area contributed by atoms with Crippen LogP contribution in [0.15, 0.2) is 60.7 Å². The molecule has 0 unspecified atom stereocenters. The topological polar surface area (TPSA) is 36.9 Å². The fourth-order valence-electron chi connectivity index (χ4n) is 3.21. The molecule has 3 aromatic rings. The molecule has 1 heterocycles. The second-order valence-electron chi connectivity index (χ2n) is 6.84. The van der Waals surface area contributed by atoms with Crippen molar-refractivity contribution in [2.24, 2.45) is 0 Å². The number of nitrogens with one attached hydrogen (secondary N) is 1. The van der Waals surface area contributed by atoms with Gasteiger partial charge in [-0.2, -0.15) is 1.33 Å². The summed E-state index contributed by atoms with van der Waals surface area (Å²) in [6.45, 7) is 0.797. The number of halogens is 2. The molecule has 1 aliphatic rings. The molecular weight excluding hydrogens is 757 g/mol. The molecule has 0 amide bonds.